The molecule has 0 saturated heterocycles. The number of ether oxygens (including phenoxy) is 2. The third kappa shape index (κ3) is 14.3. The number of amides is 5. The van der Waals surface area contributed by atoms with Crippen molar-refractivity contribution in [2.45, 2.75) is 96.9 Å². The fraction of sp³-hybridized carbons (Fsp3) is 0.404. The number of aliphatic hydroxyl groups excluding tert-OH is 1. The number of hydrogen-bond acceptors (Lipinski definition) is 11. The third-order valence-electron chi connectivity index (χ3n) is 13.2. The maximum atomic E-state index is 16.0. The van der Waals surface area contributed by atoms with Crippen molar-refractivity contribution in [3.63, 3.8) is 0 Å². The van der Waals surface area contributed by atoms with Crippen molar-refractivity contribution in [3.8, 4) is 34.2 Å². The molecule has 5 aromatic rings. The summed E-state index contributed by atoms with van der Waals surface area (Å²) in [4.78, 5) is 71.1. The lowest BCUT2D eigenvalue weighted by atomic mass is 9.82. The summed E-state index contributed by atoms with van der Waals surface area (Å²) < 4.78 is 157. The van der Waals surface area contributed by atoms with Gasteiger partial charge in [0.25, 0.3) is 5.91 Å². The molecule has 5 amide bonds. The van der Waals surface area contributed by atoms with Crippen LogP contribution in [-0.4, -0.2) is 129 Å². The van der Waals surface area contributed by atoms with Crippen LogP contribution in [-0.2, 0) is 49.9 Å². The number of hydrazine groups is 1. The number of halogens is 10. The van der Waals surface area contributed by atoms with E-state index in [0.29, 0.717) is 68.2 Å². The highest BCUT2D eigenvalue weighted by Gasteiger charge is 2.58. The molecule has 0 spiro atoms. The highest BCUT2D eigenvalue weighted by molar-refractivity contribution is 5.87. The van der Waals surface area contributed by atoms with Crippen LogP contribution in [0.1, 0.15) is 62.3 Å². The molecule has 5 N–H and O–H groups in total. The van der Waals surface area contributed by atoms with Crippen LogP contribution in [0.25, 0.3) is 22.4 Å². The molecular formula is C52H54F10N10O8. The number of alkyl carbamates (subject to hydrolysis) is 2. The van der Waals surface area contributed by atoms with E-state index in [0.717, 1.165) is 37.9 Å². The lowest BCUT2D eigenvalue weighted by Crippen LogP contribution is -2.62. The number of alkyl halides is 8. The number of carbonyl (C=O) groups is 5. The zero-order valence-corrected chi connectivity index (χ0v) is 43.7. The first-order valence-electron chi connectivity index (χ1n) is 24.1. The maximum absolute atomic E-state index is 16.0. The molecule has 0 saturated carbocycles. The number of nitrogens with zero attached hydrogens (tertiary/aromatic N) is 6. The first-order valence-corrected chi connectivity index (χ1v) is 24.1. The Kier molecular flexibility index (Phi) is 18.6. The molecule has 0 bridgehead atoms. The number of hydrogen-bond donors (Lipinski definition) is 5. The SMILES string of the molecule is CNC(=O)O[C@H](C(=O)NN(Cc1c(F)cc(-c2cnn(C(F)F)c2)cc1F)C[C@H](O)[C@H](Cc1ccc(C#Cc2ccc(-c3cn4c(n3)CN(C)C(=O)C4)cc2)cc1)NC(=O)[C@@H](NC(=O)OC)C(C)(C)C(F)(F)F)C(C)(C)C(F)(F)F. The summed E-state index contributed by atoms with van der Waals surface area (Å²) >= 11 is 0. The molecule has 2 aromatic heterocycles. The molecular weight excluding hydrogens is 1080 g/mol. The second-order valence-corrected chi connectivity index (χ2v) is 19.6. The molecule has 1 aliphatic heterocycles. The van der Waals surface area contributed by atoms with Crippen LogP contribution in [0.3, 0.4) is 0 Å². The molecule has 430 valence electrons. The van der Waals surface area contributed by atoms with Crippen LogP contribution >= 0.6 is 0 Å². The predicted molar refractivity (Wildman–Crippen MR) is 264 cm³/mol. The van der Waals surface area contributed by atoms with Gasteiger partial charge in [0.15, 0.2) is 6.10 Å². The summed E-state index contributed by atoms with van der Waals surface area (Å²) in [6, 6.07) is 10.1. The Morgan fingerprint density at radius 2 is 1.39 bits per heavy atom. The molecule has 80 heavy (non-hydrogen) atoms. The van der Waals surface area contributed by atoms with Crippen LogP contribution in [0.15, 0.2) is 79.3 Å². The molecule has 4 atom stereocenters. The number of aromatic nitrogens is 4. The fourth-order valence-electron chi connectivity index (χ4n) is 8.00. The maximum Gasteiger partial charge on any atom is 0.407 e. The van der Waals surface area contributed by atoms with Crippen LogP contribution in [0.4, 0.5) is 53.5 Å². The van der Waals surface area contributed by atoms with Crippen molar-refractivity contribution < 1.29 is 82.5 Å². The Labute approximate surface area is 450 Å². The molecule has 1 aliphatic rings. The van der Waals surface area contributed by atoms with Gasteiger partial charge in [0.2, 0.25) is 11.8 Å². The van der Waals surface area contributed by atoms with Gasteiger partial charge in [-0.3, -0.25) is 19.8 Å². The number of methoxy groups -OCH3 is 1. The quantitative estimate of drug-likeness (QED) is 0.0342. The van der Waals surface area contributed by atoms with Crippen molar-refractivity contribution >= 4 is 29.9 Å². The van der Waals surface area contributed by atoms with E-state index in [1.54, 1.807) is 47.0 Å². The number of benzene rings is 3. The zero-order chi connectivity index (χ0) is 59.2. The Bertz CT molecular complexity index is 3110. The molecule has 6 rings (SSSR count). The van der Waals surface area contributed by atoms with Crippen molar-refractivity contribution in [2.75, 3.05) is 27.7 Å². The molecule has 28 heteroatoms. The van der Waals surface area contributed by atoms with E-state index in [9.17, 15) is 64.2 Å². The zero-order valence-electron chi connectivity index (χ0n) is 43.7. The number of imidazole rings is 1. The van der Waals surface area contributed by atoms with Crippen molar-refractivity contribution in [2.24, 2.45) is 10.8 Å². The highest BCUT2D eigenvalue weighted by atomic mass is 19.4. The van der Waals surface area contributed by atoms with Crippen LogP contribution in [0, 0.1) is 34.3 Å². The van der Waals surface area contributed by atoms with Gasteiger partial charge < -0.3 is 40.0 Å². The second kappa shape index (κ2) is 24.4. The Morgan fingerprint density at radius 1 is 0.800 bits per heavy atom. The smallest absolute Gasteiger partial charge is 0.407 e. The molecule has 3 aromatic carbocycles. The Balaban J connectivity index is 1.34. The summed E-state index contributed by atoms with van der Waals surface area (Å²) in [7, 11) is 3.46. The monoisotopic (exact) mass is 1140 g/mol. The summed E-state index contributed by atoms with van der Waals surface area (Å²) in [6.45, 7) is -2.78. The average molecular weight is 1140 g/mol. The largest absolute Gasteiger partial charge is 0.453 e. The molecule has 3 heterocycles. The van der Waals surface area contributed by atoms with Gasteiger partial charge in [-0.2, -0.15) is 40.2 Å². The van der Waals surface area contributed by atoms with Gasteiger partial charge in [-0.05, 0) is 81.6 Å². The summed E-state index contributed by atoms with van der Waals surface area (Å²) in [5, 5.41) is 22.0. The Hall–Kier alpha value is -8.19. The van der Waals surface area contributed by atoms with E-state index in [4.69, 9.17) is 4.74 Å². The lowest BCUT2D eigenvalue weighted by Gasteiger charge is -2.37. The standard InChI is InChI=1S/C52H54F10N10O8/c1-49(2,51(57,58)59)42(67-48(78)79-7)44(75)66-37(18-30-12-10-28(11-13-30)8-9-29-14-16-31(17-15-29)38-24-70-27-41(74)69(6)26-40(70)65-38)39(73)25-71(68-45(76)43(80-47(77)63-5)50(3,4)52(60,61)62)23-34-35(53)19-32(20-36(34)54)33-21-64-72(22-33)46(55)56/h10-17,19-22,24,37,39,42-43,46,73H,18,23,25-27H2,1-7H3,(H,63,77)(H,66,75)(H,67,78)(H,68,76)/t37-,39-,42+,43+/m0/s1. The van der Waals surface area contributed by atoms with Gasteiger partial charge in [0.05, 0.1) is 43.1 Å². The lowest BCUT2D eigenvalue weighted by molar-refractivity contribution is -0.239. The van der Waals surface area contributed by atoms with Crippen LogP contribution < -0.4 is 21.4 Å². The van der Waals surface area contributed by atoms with Gasteiger partial charge in [-0.25, -0.2) is 33.0 Å². The van der Waals surface area contributed by atoms with E-state index < -0.39 is 115 Å². The fourth-order valence-corrected chi connectivity index (χ4v) is 8.00. The van der Waals surface area contributed by atoms with E-state index >= 15 is 8.78 Å². The topological polar surface area (TPSA) is 214 Å². The van der Waals surface area contributed by atoms with E-state index in [-0.39, 0.29) is 33.8 Å². The van der Waals surface area contributed by atoms with Crippen LogP contribution in [0.2, 0.25) is 0 Å². The summed E-state index contributed by atoms with van der Waals surface area (Å²) in [5.74, 6) is 0.465. The summed E-state index contributed by atoms with van der Waals surface area (Å²) in [6.07, 6.45) is -15.5. The number of nitrogens with one attached hydrogen (secondary N) is 4. The Morgan fingerprint density at radius 3 is 1.93 bits per heavy atom. The van der Waals surface area contributed by atoms with Gasteiger partial charge in [0.1, 0.15) is 35.5 Å². The molecule has 0 radical (unpaired) electrons. The minimum absolute atomic E-state index is 0.0521. The highest BCUT2D eigenvalue weighted by Crippen LogP contribution is 2.43. The number of fused-ring (bicyclic) bond motifs is 1. The number of rotatable bonds is 18. The molecule has 18 nitrogen and oxygen atoms in total. The molecule has 0 fully saturated rings. The molecule has 0 unspecified atom stereocenters. The number of aliphatic hydroxyl groups is 1. The van der Waals surface area contributed by atoms with E-state index in [1.165, 1.54) is 24.3 Å². The second-order valence-electron chi connectivity index (χ2n) is 19.6. The average Bonchev–Trinajstić information content (AvgIpc) is 4.05. The number of likely N-dealkylation sites (N-methyl/N-ethyl adjacent to an activating group) is 1. The van der Waals surface area contributed by atoms with Gasteiger partial charge in [0, 0.05) is 67.4 Å². The minimum atomic E-state index is -5.27. The number of carbonyl (C=O) groups excluding carboxylic acids is 5. The van der Waals surface area contributed by atoms with Gasteiger partial charge in [-0.1, -0.05) is 36.1 Å². The van der Waals surface area contributed by atoms with Crippen LogP contribution in [0.5, 0.6) is 0 Å². The summed E-state index contributed by atoms with van der Waals surface area (Å²) in [5.41, 5.74) is -3.05. The van der Waals surface area contributed by atoms with Crippen molar-refractivity contribution in [1.29, 1.82) is 0 Å². The van der Waals surface area contributed by atoms with Gasteiger partial charge in [-0.15, -0.1) is 0 Å². The first-order chi connectivity index (χ1) is 37.3. The predicted octanol–water partition coefficient (Wildman–Crippen LogP) is 7.01. The third-order valence-corrected chi connectivity index (χ3v) is 13.2. The van der Waals surface area contributed by atoms with E-state index in [1.807, 2.05) is 16.1 Å². The normalized spacial score (nSPS) is 14.6. The first kappa shape index (κ1) is 61.0. The van der Waals surface area contributed by atoms with Crippen molar-refractivity contribution in [3.05, 3.63) is 119 Å². The van der Waals surface area contributed by atoms with Crippen molar-refractivity contribution in [1.82, 2.24) is 50.6 Å². The van der Waals surface area contributed by atoms with Gasteiger partial charge >= 0.3 is 31.1 Å². The molecule has 0 aliphatic carbocycles. The van der Waals surface area contributed by atoms with E-state index in [2.05, 4.69) is 32.0 Å². The minimum Gasteiger partial charge on any atom is -0.453 e.